The van der Waals surface area contributed by atoms with E-state index in [1.54, 1.807) is 7.11 Å². The number of imidazole rings is 1. The largest absolute Gasteiger partial charge is 0.494 e. The molecule has 0 atom stereocenters. The molecule has 0 amide bonds. The van der Waals surface area contributed by atoms with Gasteiger partial charge in [-0.3, -0.25) is 4.57 Å². The lowest BCUT2D eigenvalue weighted by molar-refractivity contribution is 0.419. The van der Waals surface area contributed by atoms with Crippen LogP contribution in [0, 0.1) is 4.77 Å². The summed E-state index contributed by atoms with van der Waals surface area (Å²) in [6.07, 6.45) is 3.62. The summed E-state index contributed by atoms with van der Waals surface area (Å²) in [7, 11) is 1.68. The third-order valence-electron chi connectivity index (χ3n) is 4.24. The van der Waals surface area contributed by atoms with Crippen molar-refractivity contribution >= 4 is 23.3 Å². The first-order valence-electron chi connectivity index (χ1n) is 7.18. The van der Waals surface area contributed by atoms with Gasteiger partial charge in [-0.2, -0.15) is 0 Å². The van der Waals surface area contributed by atoms with Crippen LogP contribution < -0.4 is 4.74 Å². The van der Waals surface area contributed by atoms with Gasteiger partial charge in [-0.05, 0) is 66.9 Å². The quantitative estimate of drug-likeness (QED) is 0.719. The van der Waals surface area contributed by atoms with Gasteiger partial charge in [0.05, 0.1) is 12.6 Å². The molecule has 1 aliphatic rings. The van der Waals surface area contributed by atoms with E-state index in [0.717, 1.165) is 22.5 Å². The summed E-state index contributed by atoms with van der Waals surface area (Å²) in [4.78, 5) is 3.27. The highest BCUT2D eigenvalue weighted by Gasteiger charge is 2.14. The first-order valence-corrected chi connectivity index (χ1v) is 7.58. The van der Waals surface area contributed by atoms with Gasteiger partial charge in [0.25, 0.3) is 0 Å². The minimum Gasteiger partial charge on any atom is -0.494 e. The van der Waals surface area contributed by atoms with Crippen LogP contribution in [-0.4, -0.2) is 16.7 Å². The van der Waals surface area contributed by atoms with E-state index >= 15 is 0 Å². The predicted octanol–water partition coefficient (Wildman–Crippen LogP) is 4.19. The lowest BCUT2D eigenvalue weighted by Gasteiger charge is -2.08. The average molecular weight is 296 g/mol. The molecule has 0 radical (unpaired) electrons. The maximum absolute atomic E-state index is 5.52. The summed E-state index contributed by atoms with van der Waals surface area (Å²) in [6.45, 7) is 0. The zero-order valence-electron chi connectivity index (χ0n) is 11.8. The molecule has 0 aliphatic heterocycles. The van der Waals surface area contributed by atoms with Crippen LogP contribution in [0.1, 0.15) is 17.5 Å². The van der Waals surface area contributed by atoms with Gasteiger partial charge in [0, 0.05) is 5.69 Å². The highest BCUT2D eigenvalue weighted by atomic mass is 32.1. The van der Waals surface area contributed by atoms with Gasteiger partial charge < -0.3 is 9.72 Å². The van der Waals surface area contributed by atoms with Crippen molar-refractivity contribution in [2.45, 2.75) is 19.3 Å². The molecule has 3 aromatic rings. The Hall–Kier alpha value is -2.07. The number of nitrogens with zero attached hydrogens (tertiary/aromatic N) is 1. The molecule has 0 fully saturated rings. The van der Waals surface area contributed by atoms with Gasteiger partial charge in [-0.25, -0.2) is 0 Å². The van der Waals surface area contributed by atoms with E-state index in [-0.39, 0.29) is 0 Å². The second-order valence-corrected chi connectivity index (χ2v) is 5.81. The van der Waals surface area contributed by atoms with E-state index in [1.165, 1.54) is 30.4 Å². The molecular formula is C17H16N2OS. The third-order valence-corrected chi connectivity index (χ3v) is 4.52. The van der Waals surface area contributed by atoms with Crippen molar-refractivity contribution < 1.29 is 4.74 Å². The minimum atomic E-state index is 0.701. The SMILES string of the molecule is COc1cccc2c1[nH]c(=S)n2-c1ccc2c(c1)CCC2. The number of hydrogen-bond acceptors (Lipinski definition) is 2. The number of methoxy groups -OCH3 is 1. The van der Waals surface area contributed by atoms with E-state index < -0.39 is 0 Å². The minimum absolute atomic E-state index is 0.701. The molecule has 0 saturated carbocycles. The van der Waals surface area contributed by atoms with Crippen molar-refractivity contribution in [3.63, 3.8) is 0 Å². The molecule has 106 valence electrons. The Morgan fingerprint density at radius 2 is 2.00 bits per heavy atom. The fourth-order valence-electron chi connectivity index (χ4n) is 3.23. The normalized spacial score (nSPS) is 13.6. The highest BCUT2D eigenvalue weighted by Crippen LogP contribution is 2.29. The lowest BCUT2D eigenvalue weighted by atomic mass is 10.1. The van der Waals surface area contributed by atoms with E-state index in [1.807, 2.05) is 12.1 Å². The predicted molar refractivity (Wildman–Crippen MR) is 87.0 cm³/mol. The smallest absolute Gasteiger partial charge is 0.182 e. The lowest BCUT2D eigenvalue weighted by Crippen LogP contribution is -1.96. The number of aromatic nitrogens is 2. The molecule has 3 nitrogen and oxygen atoms in total. The van der Waals surface area contributed by atoms with Crippen molar-refractivity contribution in [2.24, 2.45) is 0 Å². The van der Waals surface area contributed by atoms with Crippen LogP contribution in [0.3, 0.4) is 0 Å². The van der Waals surface area contributed by atoms with Crippen LogP contribution in [0.15, 0.2) is 36.4 Å². The summed E-state index contributed by atoms with van der Waals surface area (Å²) < 4.78 is 8.21. The van der Waals surface area contributed by atoms with E-state index in [9.17, 15) is 0 Å². The Balaban J connectivity index is 1.98. The molecule has 1 N–H and O–H groups in total. The van der Waals surface area contributed by atoms with Crippen LogP contribution >= 0.6 is 12.2 Å². The van der Waals surface area contributed by atoms with Gasteiger partial charge in [0.15, 0.2) is 4.77 Å². The topological polar surface area (TPSA) is 29.9 Å². The number of rotatable bonds is 2. The Bertz CT molecular complexity index is 891. The van der Waals surface area contributed by atoms with E-state index in [2.05, 4.69) is 33.8 Å². The summed E-state index contributed by atoms with van der Waals surface area (Å²) >= 11 is 5.52. The average Bonchev–Trinajstić information content (AvgIpc) is 3.08. The molecule has 4 heteroatoms. The zero-order chi connectivity index (χ0) is 14.4. The number of hydrogen-bond donors (Lipinski definition) is 1. The molecule has 1 aliphatic carbocycles. The molecule has 0 unspecified atom stereocenters. The Kier molecular flexibility index (Phi) is 2.86. The molecule has 2 aromatic carbocycles. The summed E-state index contributed by atoms with van der Waals surface area (Å²) in [6, 6.07) is 12.7. The standard InChI is InChI=1S/C17H16N2OS/c1-20-15-7-3-6-14-16(15)18-17(21)19(14)13-9-8-11-4-2-5-12(11)10-13/h3,6-10H,2,4-5H2,1H3,(H,18,21). The van der Waals surface area contributed by atoms with Crippen LogP contribution in [0.2, 0.25) is 0 Å². The molecule has 0 bridgehead atoms. The van der Waals surface area contributed by atoms with Crippen molar-refractivity contribution in [1.82, 2.24) is 9.55 Å². The maximum atomic E-state index is 5.52. The summed E-state index contributed by atoms with van der Waals surface area (Å²) in [5.41, 5.74) is 6.05. The van der Waals surface area contributed by atoms with Gasteiger partial charge >= 0.3 is 0 Å². The third kappa shape index (κ3) is 1.90. The van der Waals surface area contributed by atoms with Crippen LogP contribution in [-0.2, 0) is 12.8 Å². The molecule has 0 spiro atoms. The number of benzene rings is 2. The molecule has 1 aromatic heterocycles. The first kappa shape index (κ1) is 12.7. The monoisotopic (exact) mass is 296 g/mol. The fraction of sp³-hybridized carbons (Fsp3) is 0.235. The Morgan fingerprint density at radius 1 is 1.14 bits per heavy atom. The number of nitrogens with one attached hydrogen (secondary N) is 1. The number of H-pyrrole nitrogens is 1. The van der Waals surface area contributed by atoms with Gasteiger partial charge in [-0.1, -0.05) is 12.1 Å². The van der Waals surface area contributed by atoms with Crippen molar-refractivity contribution in [1.29, 1.82) is 0 Å². The van der Waals surface area contributed by atoms with E-state index in [0.29, 0.717) is 4.77 Å². The van der Waals surface area contributed by atoms with Crippen LogP contribution in [0.5, 0.6) is 5.75 Å². The van der Waals surface area contributed by atoms with Crippen LogP contribution in [0.4, 0.5) is 0 Å². The number of aryl methyl sites for hydroxylation is 2. The van der Waals surface area contributed by atoms with Gasteiger partial charge in [0.1, 0.15) is 11.3 Å². The van der Waals surface area contributed by atoms with Crippen molar-refractivity contribution in [3.8, 4) is 11.4 Å². The van der Waals surface area contributed by atoms with E-state index in [4.69, 9.17) is 17.0 Å². The molecule has 1 heterocycles. The summed E-state index contributed by atoms with van der Waals surface area (Å²) in [5.74, 6) is 0.818. The number of aromatic amines is 1. The second-order valence-electron chi connectivity index (χ2n) is 5.43. The van der Waals surface area contributed by atoms with Crippen molar-refractivity contribution in [2.75, 3.05) is 7.11 Å². The van der Waals surface area contributed by atoms with Gasteiger partial charge in [-0.15, -0.1) is 0 Å². The second kappa shape index (κ2) is 4.74. The molecule has 21 heavy (non-hydrogen) atoms. The molecule has 4 rings (SSSR count). The Labute approximate surface area is 128 Å². The number of ether oxygens (including phenoxy) is 1. The zero-order valence-corrected chi connectivity index (χ0v) is 12.7. The van der Waals surface area contributed by atoms with Crippen molar-refractivity contribution in [3.05, 3.63) is 52.3 Å². The van der Waals surface area contributed by atoms with Gasteiger partial charge in [0.2, 0.25) is 0 Å². The molecular weight excluding hydrogens is 280 g/mol. The molecule has 0 saturated heterocycles. The highest BCUT2D eigenvalue weighted by molar-refractivity contribution is 7.71. The number of para-hydroxylation sites is 1. The Morgan fingerprint density at radius 3 is 2.86 bits per heavy atom. The number of fused-ring (bicyclic) bond motifs is 2. The summed E-state index contributed by atoms with van der Waals surface area (Å²) in [5, 5.41) is 0. The fourth-order valence-corrected chi connectivity index (χ4v) is 3.53. The first-order chi connectivity index (χ1) is 10.3. The maximum Gasteiger partial charge on any atom is 0.182 e. The van der Waals surface area contributed by atoms with Crippen LogP contribution in [0.25, 0.3) is 16.7 Å².